The minimum absolute atomic E-state index is 0.713. The lowest BCUT2D eigenvalue weighted by Gasteiger charge is -2.12. The zero-order chi connectivity index (χ0) is 9.40. The second kappa shape index (κ2) is 6.70. The van der Waals surface area contributed by atoms with Crippen molar-refractivity contribution in [2.24, 2.45) is 5.10 Å². The molecule has 0 saturated heterocycles. The van der Waals surface area contributed by atoms with E-state index in [9.17, 15) is 0 Å². The molecule has 70 valence electrons. The lowest BCUT2D eigenvalue weighted by Crippen LogP contribution is -2.19. The second-order valence-electron chi connectivity index (χ2n) is 2.13. The maximum atomic E-state index is 5.27. The largest absolute Gasteiger partial charge is 0.496 e. The first-order valence-electron chi connectivity index (χ1n) is 4.43. The van der Waals surface area contributed by atoms with Gasteiger partial charge in [0, 0.05) is 6.08 Å². The number of allylic oxidation sites excluding steroid dienone is 1. The number of ether oxygens (including phenoxy) is 1. The Morgan fingerprint density at radius 3 is 2.75 bits per heavy atom. The molecule has 0 spiro atoms. The Morgan fingerprint density at radius 2 is 2.25 bits per heavy atom. The summed E-state index contributed by atoms with van der Waals surface area (Å²) in [7, 11) is 0. The van der Waals surface area contributed by atoms with Crippen LogP contribution in [0.5, 0.6) is 0 Å². The highest BCUT2D eigenvalue weighted by Crippen LogP contribution is 2.00. The number of hydrogen-bond acceptors (Lipinski definition) is 3. The van der Waals surface area contributed by atoms with E-state index < -0.39 is 0 Å². The smallest absolute Gasteiger partial charge is 0.119 e. The molecule has 1 aliphatic rings. The van der Waals surface area contributed by atoms with Gasteiger partial charge in [-0.15, -0.1) is 0 Å². The first kappa shape index (κ1) is 11.0. The first-order valence-corrected chi connectivity index (χ1v) is 4.43. The predicted octanol–water partition coefficient (Wildman–Crippen LogP) is 1.91. The van der Waals surface area contributed by atoms with Gasteiger partial charge in [0.15, 0.2) is 0 Å². The van der Waals surface area contributed by atoms with Gasteiger partial charge in [0.2, 0.25) is 0 Å². The molecular weight excluding hydrogens is 152 g/mol. The van der Waals surface area contributed by atoms with Crippen molar-refractivity contribution < 1.29 is 4.74 Å². The fourth-order valence-electron chi connectivity index (χ4n) is 0.837. The number of hydrazone groups is 1. The quantitative estimate of drug-likeness (QED) is 0.686. The first-order chi connectivity index (χ1) is 5.83. The van der Waals surface area contributed by atoms with Crippen LogP contribution in [0.1, 0.15) is 27.7 Å². The molecule has 3 heteroatoms. The standard InChI is InChI=1S/C7H12N2O.C2H6/c1-3-10-7-4-6(2)9-8-5-7;1-2/h4,8H,3,5H2,1-2H3;1-2H3. The van der Waals surface area contributed by atoms with Crippen LogP contribution in [0, 0.1) is 0 Å². The molecule has 1 heterocycles. The Hall–Kier alpha value is -0.990. The third kappa shape index (κ3) is 4.01. The monoisotopic (exact) mass is 170 g/mol. The maximum Gasteiger partial charge on any atom is 0.119 e. The number of rotatable bonds is 2. The van der Waals surface area contributed by atoms with E-state index in [1.807, 2.05) is 33.8 Å². The van der Waals surface area contributed by atoms with E-state index in [1.54, 1.807) is 0 Å². The maximum absolute atomic E-state index is 5.27. The van der Waals surface area contributed by atoms with Gasteiger partial charge in [0.1, 0.15) is 5.76 Å². The highest BCUT2D eigenvalue weighted by Gasteiger charge is 2.01. The normalized spacial score (nSPS) is 14.7. The van der Waals surface area contributed by atoms with Gasteiger partial charge < -0.3 is 10.2 Å². The van der Waals surface area contributed by atoms with Gasteiger partial charge in [-0.25, -0.2) is 0 Å². The van der Waals surface area contributed by atoms with Crippen molar-refractivity contribution in [3.8, 4) is 0 Å². The van der Waals surface area contributed by atoms with Crippen LogP contribution in [0.25, 0.3) is 0 Å². The third-order valence-electron chi connectivity index (χ3n) is 1.21. The average molecular weight is 170 g/mol. The topological polar surface area (TPSA) is 33.6 Å². The van der Waals surface area contributed by atoms with E-state index in [0.717, 1.165) is 18.1 Å². The summed E-state index contributed by atoms with van der Waals surface area (Å²) in [4.78, 5) is 0. The van der Waals surface area contributed by atoms with E-state index in [2.05, 4.69) is 10.5 Å². The van der Waals surface area contributed by atoms with Gasteiger partial charge in [0.05, 0.1) is 18.9 Å². The molecule has 3 nitrogen and oxygen atoms in total. The Morgan fingerprint density at radius 1 is 1.58 bits per heavy atom. The number of nitrogens with zero attached hydrogens (tertiary/aromatic N) is 1. The van der Waals surface area contributed by atoms with Crippen molar-refractivity contribution in [3.63, 3.8) is 0 Å². The number of nitrogens with one attached hydrogen (secondary N) is 1. The second-order valence-corrected chi connectivity index (χ2v) is 2.13. The van der Waals surface area contributed by atoms with Crippen LogP contribution in [0.15, 0.2) is 16.9 Å². The summed E-state index contributed by atoms with van der Waals surface area (Å²) < 4.78 is 5.27. The average Bonchev–Trinajstić information content (AvgIpc) is 2.09. The minimum Gasteiger partial charge on any atom is -0.496 e. The molecule has 0 aromatic rings. The van der Waals surface area contributed by atoms with Crippen LogP contribution in [0.3, 0.4) is 0 Å². The molecule has 0 aromatic carbocycles. The molecule has 1 N–H and O–H groups in total. The SMILES string of the molecule is CC.CCOC1=CC(C)=NNC1. The Bertz CT molecular complexity index is 173. The van der Waals surface area contributed by atoms with Crippen LogP contribution in [-0.4, -0.2) is 18.9 Å². The molecule has 0 amide bonds. The van der Waals surface area contributed by atoms with Crippen molar-refractivity contribution in [1.82, 2.24) is 5.43 Å². The molecule has 0 radical (unpaired) electrons. The fraction of sp³-hybridized carbons (Fsp3) is 0.667. The van der Waals surface area contributed by atoms with Crippen molar-refractivity contribution >= 4 is 5.71 Å². The van der Waals surface area contributed by atoms with Gasteiger partial charge in [0.25, 0.3) is 0 Å². The molecule has 0 atom stereocenters. The molecule has 12 heavy (non-hydrogen) atoms. The van der Waals surface area contributed by atoms with E-state index in [-0.39, 0.29) is 0 Å². The third-order valence-corrected chi connectivity index (χ3v) is 1.21. The summed E-state index contributed by atoms with van der Waals surface area (Å²) in [6, 6.07) is 0. The van der Waals surface area contributed by atoms with Crippen molar-refractivity contribution in [2.75, 3.05) is 13.2 Å². The van der Waals surface area contributed by atoms with E-state index in [4.69, 9.17) is 4.74 Å². The minimum atomic E-state index is 0.713. The number of hydrogen-bond donors (Lipinski definition) is 1. The van der Waals surface area contributed by atoms with Crippen molar-refractivity contribution in [3.05, 3.63) is 11.8 Å². The fourth-order valence-corrected chi connectivity index (χ4v) is 0.837. The molecule has 1 aliphatic heterocycles. The Balaban J connectivity index is 0.000000561. The van der Waals surface area contributed by atoms with E-state index in [0.29, 0.717) is 6.54 Å². The van der Waals surface area contributed by atoms with Crippen LogP contribution in [0.4, 0.5) is 0 Å². The molecular formula is C9H18N2O. The summed E-state index contributed by atoms with van der Waals surface area (Å²) >= 11 is 0. The highest BCUT2D eigenvalue weighted by molar-refractivity contribution is 5.93. The molecule has 0 aliphatic carbocycles. The van der Waals surface area contributed by atoms with Crippen LogP contribution in [0.2, 0.25) is 0 Å². The van der Waals surface area contributed by atoms with Gasteiger partial charge in [-0.05, 0) is 13.8 Å². The van der Waals surface area contributed by atoms with Gasteiger partial charge in [-0.2, -0.15) is 5.10 Å². The molecule has 1 rings (SSSR count). The zero-order valence-corrected chi connectivity index (χ0v) is 8.35. The molecule has 0 saturated carbocycles. The van der Waals surface area contributed by atoms with Crippen molar-refractivity contribution in [1.29, 1.82) is 0 Å². The van der Waals surface area contributed by atoms with Crippen LogP contribution >= 0.6 is 0 Å². The zero-order valence-electron chi connectivity index (χ0n) is 8.35. The van der Waals surface area contributed by atoms with E-state index in [1.165, 1.54) is 0 Å². The predicted molar refractivity (Wildman–Crippen MR) is 52.2 cm³/mol. The van der Waals surface area contributed by atoms with Gasteiger partial charge in [-0.1, -0.05) is 13.8 Å². The highest BCUT2D eigenvalue weighted by atomic mass is 16.5. The van der Waals surface area contributed by atoms with Crippen LogP contribution in [-0.2, 0) is 4.74 Å². The van der Waals surface area contributed by atoms with Gasteiger partial charge in [-0.3, -0.25) is 0 Å². The van der Waals surface area contributed by atoms with Gasteiger partial charge >= 0.3 is 0 Å². The molecule has 0 aromatic heterocycles. The lowest BCUT2D eigenvalue weighted by atomic mass is 10.3. The summed E-state index contributed by atoms with van der Waals surface area (Å²) in [5, 5.41) is 3.97. The molecule has 0 fully saturated rings. The van der Waals surface area contributed by atoms with Crippen molar-refractivity contribution in [2.45, 2.75) is 27.7 Å². The summed E-state index contributed by atoms with van der Waals surface area (Å²) in [6.07, 6.45) is 1.94. The summed E-state index contributed by atoms with van der Waals surface area (Å²) in [5.41, 5.74) is 3.83. The van der Waals surface area contributed by atoms with E-state index >= 15 is 0 Å². The lowest BCUT2D eigenvalue weighted by molar-refractivity contribution is 0.220. The Kier molecular flexibility index (Phi) is 6.15. The molecule has 0 unspecified atom stereocenters. The summed E-state index contributed by atoms with van der Waals surface area (Å²) in [6.45, 7) is 9.35. The molecule has 0 bridgehead atoms. The van der Waals surface area contributed by atoms with Crippen LogP contribution < -0.4 is 5.43 Å². The summed E-state index contributed by atoms with van der Waals surface area (Å²) in [5.74, 6) is 0.968. The Labute approximate surface area is 74.5 Å².